The summed E-state index contributed by atoms with van der Waals surface area (Å²) in [4.78, 5) is 11.3. The van der Waals surface area contributed by atoms with Gasteiger partial charge in [0.25, 0.3) is 0 Å². The van der Waals surface area contributed by atoms with Gasteiger partial charge >= 0.3 is 0 Å². The van der Waals surface area contributed by atoms with Crippen molar-refractivity contribution in [2.45, 2.75) is 13.8 Å². The summed E-state index contributed by atoms with van der Waals surface area (Å²) in [6.07, 6.45) is 0. The Morgan fingerprint density at radius 1 is 1.00 bits per heavy atom. The smallest absolute Gasteiger partial charge is 0.159 e. The van der Waals surface area contributed by atoms with Crippen molar-refractivity contribution in [1.82, 2.24) is 0 Å². The molecule has 0 saturated heterocycles. The monoisotopic (exact) mass is 246 g/mol. The van der Waals surface area contributed by atoms with E-state index < -0.39 is 5.82 Å². The van der Waals surface area contributed by atoms with E-state index in [2.05, 4.69) is 0 Å². The molecule has 18 heavy (non-hydrogen) atoms. The summed E-state index contributed by atoms with van der Waals surface area (Å²) in [6.45, 7) is 3.00. The number of hydrogen-bond acceptors (Lipinski definition) is 1. The van der Waals surface area contributed by atoms with Crippen molar-refractivity contribution in [3.8, 4) is 11.1 Å². The quantitative estimate of drug-likeness (QED) is 0.728. The number of carbonyl (C=O) groups excluding carboxylic acids is 1. The lowest BCUT2D eigenvalue weighted by atomic mass is 9.97. The van der Waals surface area contributed by atoms with E-state index >= 15 is 0 Å². The number of hydrogen-bond donors (Lipinski definition) is 0. The maximum atomic E-state index is 13.8. The van der Waals surface area contributed by atoms with Gasteiger partial charge in [0.15, 0.2) is 5.78 Å². The lowest BCUT2D eigenvalue weighted by Gasteiger charge is -2.09. The molecule has 0 saturated carbocycles. The largest absolute Gasteiger partial charge is 0.295 e. The van der Waals surface area contributed by atoms with E-state index in [1.807, 2.05) is 0 Å². The minimum absolute atomic E-state index is 0.148. The van der Waals surface area contributed by atoms with Crippen molar-refractivity contribution in [1.29, 1.82) is 0 Å². The van der Waals surface area contributed by atoms with Crippen LogP contribution in [-0.2, 0) is 0 Å². The highest BCUT2D eigenvalue weighted by Crippen LogP contribution is 2.28. The number of carbonyl (C=O) groups is 1. The van der Waals surface area contributed by atoms with Gasteiger partial charge in [-0.15, -0.1) is 0 Å². The predicted octanol–water partition coefficient (Wildman–Crippen LogP) is 4.14. The highest BCUT2D eigenvalue weighted by atomic mass is 19.1. The molecule has 1 nitrogen and oxygen atoms in total. The van der Waals surface area contributed by atoms with Gasteiger partial charge in [-0.05, 0) is 49.2 Å². The fourth-order valence-corrected chi connectivity index (χ4v) is 1.85. The first kappa shape index (κ1) is 12.4. The molecule has 3 heteroatoms. The average molecular weight is 246 g/mol. The van der Waals surface area contributed by atoms with Crippen LogP contribution in [0.1, 0.15) is 22.8 Å². The Morgan fingerprint density at radius 2 is 1.72 bits per heavy atom. The summed E-state index contributed by atoms with van der Waals surface area (Å²) < 4.78 is 27.3. The number of rotatable bonds is 2. The summed E-state index contributed by atoms with van der Waals surface area (Å²) in [5, 5.41) is 0. The molecule has 0 atom stereocenters. The molecule has 0 aromatic heterocycles. The molecule has 2 aromatic carbocycles. The van der Waals surface area contributed by atoms with E-state index in [9.17, 15) is 13.6 Å². The van der Waals surface area contributed by atoms with E-state index in [0.29, 0.717) is 16.7 Å². The zero-order chi connectivity index (χ0) is 13.3. The topological polar surface area (TPSA) is 17.1 Å². The molecule has 0 unspecified atom stereocenters. The summed E-state index contributed by atoms with van der Waals surface area (Å²) in [5.41, 5.74) is 1.50. The molecular weight excluding hydrogens is 234 g/mol. The lowest BCUT2D eigenvalue weighted by molar-refractivity contribution is 0.101. The molecule has 2 rings (SSSR count). The van der Waals surface area contributed by atoms with Crippen LogP contribution in [0.15, 0.2) is 36.4 Å². The van der Waals surface area contributed by atoms with Crippen LogP contribution in [0.3, 0.4) is 0 Å². The van der Waals surface area contributed by atoms with Crippen molar-refractivity contribution in [3.05, 3.63) is 59.2 Å². The molecule has 0 aliphatic heterocycles. The molecule has 0 radical (unpaired) electrons. The standard InChI is InChI=1S/C15H12F2O/c1-9-12(4-3-5-14(9)16)13-8-11(10(2)18)6-7-15(13)17/h3-8H,1-2H3. The molecule has 2 aromatic rings. The number of halogens is 2. The summed E-state index contributed by atoms with van der Waals surface area (Å²) in [5.74, 6) is -1.00. The van der Waals surface area contributed by atoms with Crippen LogP contribution >= 0.6 is 0 Å². The Balaban J connectivity index is 2.66. The van der Waals surface area contributed by atoms with Crippen LogP contribution < -0.4 is 0 Å². The second-order valence-corrected chi connectivity index (χ2v) is 4.16. The second kappa shape index (κ2) is 4.69. The van der Waals surface area contributed by atoms with Crippen molar-refractivity contribution in [2.24, 2.45) is 0 Å². The van der Waals surface area contributed by atoms with Gasteiger partial charge in [0.2, 0.25) is 0 Å². The first-order chi connectivity index (χ1) is 8.50. The van der Waals surface area contributed by atoms with Gasteiger partial charge < -0.3 is 0 Å². The number of Topliss-reactive ketones (excluding diaryl/α,β-unsaturated/α-hetero) is 1. The van der Waals surface area contributed by atoms with Crippen LogP contribution in [0, 0.1) is 18.6 Å². The zero-order valence-electron chi connectivity index (χ0n) is 10.1. The molecule has 0 N–H and O–H groups in total. The van der Waals surface area contributed by atoms with Crippen molar-refractivity contribution < 1.29 is 13.6 Å². The maximum Gasteiger partial charge on any atom is 0.159 e. The SMILES string of the molecule is CC(=O)c1ccc(F)c(-c2cccc(F)c2C)c1. The average Bonchev–Trinajstić information content (AvgIpc) is 2.33. The van der Waals surface area contributed by atoms with Gasteiger partial charge in [0.05, 0.1) is 0 Å². The molecule has 0 fully saturated rings. The van der Waals surface area contributed by atoms with E-state index in [4.69, 9.17) is 0 Å². The van der Waals surface area contributed by atoms with E-state index in [0.717, 1.165) is 0 Å². The molecule has 0 bridgehead atoms. The summed E-state index contributed by atoms with van der Waals surface area (Å²) in [7, 11) is 0. The third-order valence-electron chi connectivity index (χ3n) is 2.93. The molecule has 0 amide bonds. The normalized spacial score (nSPS) is 10.4. The Labute approximate surface area is 104 Å². The third kappa shape index (κ3) is 2.16. The van der Waals surface area contributed by atoms with Crippen molar-refractivity contribution in [3.63, 3.8) is 0 Å². The molecular formula is C15H12F2O. The fraction of sp³-hybridized carbons (Fsp3) is 0.133. The highest BCUT2D eigenvalue weighted by Gasteiger charge is 2.12. The van der Waals surface area contributed by atoms with Gasteiger partial charge in [-0.1, -0.05) is 12.1 Å². The molecule has 0 aliphatic carbocycles. The molecule has 0 heterocycles. The maximum absolute atomic E-state index is 13.8. The van der Waals surface area contributed by atoms with E-state index in [1.165, 1.54) is 37.3 Å². The van der Waals surface area contributed by atoms with Gasteiger partial charge in [-0.2, -0.15) is 0 Å². The summed E-state index contributed by atoms with van der Waals surface area (Å²) in [6, 6.07) is 8.61. The van der Waals surface area contributed by atoms with Crippen LogP contribution in [0.2, 0.25) is 0 Å². The Hall–Kier alpha value is -2.03. The van der Waals surface area contributed by atoms with Crippen LogP contribution in [0.5, 0.6) is 0 Å². The number of benzene rings is 2. The van der Waals surface area contributed by atoms with Crippen molar-refractivity contribution >= 4 is 5.78 Å². The van der Waals surface area contributed by atoms with Gasteiger partial charge in [-0.25, -0.2) is 8.78 Å². The second-order valence-electron chi connectivity index (χ2n) is 4.16. The Morgan fingerprint density at radius 3 is 2.39 bits per heavy atom. The first-order valence-electron chi connectivity index (χ1n) is 5.56. The van der Waals surface area contributed by atoms with E-state index in [1.54, 1.807) is 13.0 Å². The van der Waals surface area contributed by atoms with Crippen LogP contribution in [-0.4, -0.2) is 5.78 Å². The molecule has 0 spiro atoms. The van der Waals surface area contributed by atoms with Gasteiger partial charge in [0, 0.05) is 11.1 Å². The highest BCUT2D eigenvalue weighted by molar-refractivity contribution is 5.95. The van der Waals surface area contributed by atoms with Crippen LogP contribution in [0.25, 0.3) is 11.1 Å². The fourth-order valence-electron chi connectivity index (χ4n) is 1.85. The minimum atomic E-state index is -0.464. The minimum Gasteiger partial charge on any atom is -0.295 e. The first-order valence-corrected chi connectivity index (χ1v) is 5.56. The Kier molecular flexibility index (Phi) is 3.24. The van der Waals surface area contributed by atoms with Crippen LogP contribution in [0.4, 0.5) is 8.78 Å². The molecule has 0 aliphatic rings. The lowest BCUT2D eigenvalue weighted by Crippen LogP contribution is -1.96. The van der Waals surface area contributed by atoms with Gasteiger partial charge in [0.1, 0.15) is 11.6 Å². The van der Waals surface area contributed by atoms with Crippen molar-refractivity contribution in [2.75, 3.05) is 0 Å². The van der Waals surface area contributed by atoms with E-state index in [-0.39, 0.29) is 17.2 Å². The number of ketones is 1. The zero-order valence-corrected chi connectivity index (χ0v) is 10.1. The predicted molar refractivity (Wildman–Crippen MR) is 66.5 cm³/mol. The summed E-state index contributed by atoms with van der Waals surface area (Å²) >= 11 is 0. The Bertz CT molecular complexity index is 618. The van der Waals surface area contributed by atoms with Gasteiger partial charge in [-0.3, -0.25) is 4.79 Å². The molecule has 92 valence electrons. The third-order valence-corrected chi connectivity index (χ3v) is 2.93.